The van der Waals surface area contributed by atoms with Gasteiger partial charge >= 0.3 is 11.9 Å². The maximum Gasteiger partial charge on any atom is 0.326 e. The Kier molecular flexibility index (Phi) is 24.5. The molecule has 2 aromatic carbocycles. The predicted molar refractivity (Wildman–Crippen MR) is 267 cm³/mol. The fraction of sp³-hybridized carbons (Fsp3) is 0.500. The number of aliphatic carboxylic acids is 2. The number of carbonyl (C=O) groups excluding carboxylic acids is 6. The van der Waals surface area contributed by atoms with E-state index in [9.17, 15) is 58.8 Å². The fourth-order valence-electron chi connectivity index (χ4n) is 7.47. The van der Waals surface area contributed by atoms with E-state index in [1.54, 1.807) is 42.1 Å². The molecule has 4 rings (SSSR count). The summed E-state index contributed by atoms with van der Waals surface area (Å²) in [5.41, 5.74) is 0.814. The Bertz CT molecular complexity index is 2450. The van der Waals surface area contributed by atoms with Gasteiger partial charge in [0.15, 0.2) is 7.85 Å². The lowest BCUT2D eigenvalue weighted by Crippen LogP contribution is -2.51. The molecule has 24 nitrogen and oxygen atoms in total. The van der Waals surface area contributed by atoms with Gasteiger partial charge in [-0.25, -0.2) is 9.59 Å². The Morgan fingerprint density at radius 2 is 1.27 bits per heavy atom. The van der Waals surface area contributed by atoms with Gasteiger partial charge in [-0.2, -0.15) is 0 Å². The largest absolute Gasteiger partial charge is 0.508 e. The normalized spacial score (nSPS) is 12.5. The number of unbranched alkanes of at least 4 members (excludes halogenated alkanes) is 1. The Balaban J connectivity index is 1.29. The zero-order valence-electron chi connectivity index (χ0n) is 41.2. The lowest BCUT2D eigenvalue weighted by atomic mass is 9.73. The lowest BCUT2D eigenvalue weighted by Gasteiger charge is -2.31. The number of carboxylic acids is 2. The first-order valence-electron chi connectivity index (χ1n) is 23.9. The number of phenolic OH excluding ortho intramolecular Hbond substituents is 2. The third-order valence-corrected chi connectivity index (χ3v) is 12.3. The summed E-state index contributed by atoms with van der Waals surface area (Å²) < 4.78 is 12.5. The van der Waals surface area contributed by atoms with E-state index < -0.39 is 77.6 Å². The Morgan fingerprint density at radius 3 is 1.84 bits per heavy atom. The quantitative estimate of drug-likeness (QED) is 0.0234. The van der Waals surface area contributed by atoms with Crippen LogP contribution in [0.3, 0.4) is 0 Å². The van der Waals surface area contributed by atoms with Crippen LogP contribution in [0, 0.1) is 6.92 Å². The fourth-order valence-corrected chi connectivity index (χ4v) is 8.08. The predicted octanol–water partition coefficient (Wildman–Crippen LogP) is 1.80. The van der Waals surface area contributed by atoms with Crippen molar-refractivity contribution in [3.8, 4) is 11.5 Å². The molecule has 2 heterocycles. The van der Waals surface area contributed by atoms with Crippen molar-refractivity contribution in [2.24, 2.45) is 0 Å². The molecule has 74 heavy (non-hydrogen) atoms. The lowest BCUT2D eigenvalue weighted by molar-refractivity contribution is -0.145. The van der Waals surface area contributed by atoms with Crippen LogP contribution < -0.4 is 26.6 Å². The topological polar surface area (TPSA) is 353 Å². The molecule has 0 aliphatic rings. The summed E-state index contributed by atoms with van der Waals surface area (Å²) in [6.45, 7) is 4.90. The monoisotopic (exact) mass is 1050 g/mol. The van der Waals surface area contributed by atoms with Crippen molar-refractivity contribution in [2.45, 2.75) is 121 Å². The SMILES string of the molecule is [B]C(=O)CCCOCCOCCNC(=O)[C@H](CCCCn1cc(CCCC(=O)Nc2nnc(C)s2)nn1)NC(=O)C[C@H](NC(=O)C[C@H](NC(=O)CCC(C)(c1ccc(O)cc1)c1ccc(O)cc1)C(=O)O)C(=O)O. The molecule has 9 N–H and O–H groups in total. The number of ether oxygens (including phenoxy) is 2. The van der Waals surface area contributed by atoms with Crippen molar-refractivity contribution < 1.29 is 68.3 Å². The van der Waals surface area contributed by atoms with Crippen molar-refractivity contribution in [1.82, 2.24) is 46.5 Å². The number of aromatic hydroxyl groups is 2. The molecule has 3 atom stereocenters. The smallest absolute Gasteiger partial charge is 0.326 e. The van der Waals surface area contributed by atoms with Gasteiger partial charge in [-0.3, -0.25) is 28.7 Å². The highest BCUT2D eigenvalue weighted by molar-refractivity contribution is 7.15. The van der Waals surface area contributed by atoms with Crippen LogP contribution in [0.25, 0.3) is 0 Å². The molecule has 0 fully saturated rings. The van der Waals surface area contributed by atoms with Crippen molar-refractivity contribution in [1.29, 1.82) is 0 Å². The van der Waals surface area contributed by atoms with E-state index in [-0.39, 0.29) is 75.9 Å². The molecule has 0 saturated carbocycles. The average Bonchev–Trinajstić information content (AvgIpc) is 3.99. The highest BCUT2D eigenvalue weighted by atomic mass is 32.1. The Morgan fingerprint density at radius 1 is 0.689 bits per heavy atom. The van der Waals surface area contributed by atoms with Gasteiger partial charge in [0.1, 0.15) is 34.6 Å². The molecule has 0 bridgehead atoms. The molecule has 0 unspecified atom stereocenters. The summed E-state index contributed by atoms with van der Waals surface area (Å²) in [5.74, 6) is -6.70. The van der Waals surface area contributed by atoms with Gasteiger partial charge in [0.25, 0.3) is 0 Å². The van der Waals surface area contributed by atoms with Crippen LogP contribution in [0.5, 0.6) is 11.5 Å². The second-order valence-corrected chi connectivity index (χ2v) is 18.6. The Labute approximate surface area is 432 Å². The summed E-state index contributed by atoms with van der Waals surface area (Å²) in [6.07, 6.45) is 2.81. The van der Waals surface area contributed by atoms with Crippen LogP contribution >= 0.6 is 11.3 Å². The first-order valence-corrected chi connectivity index (χ1v) is 24.8. The van der Waals surface area contributed by atoms with Crippen LogP contribution in [0.4, 0.5) is 5.13 Å². The third-order valence-electron chi connectivity index (χ3n) is 11.5. The van der Waals surface area contributed by atoms with E-state index in [1.165, 1.54) is 35.6 Å². The number of nitrogens with zero attached hydrogens (tertiary/aromatic N) is 5. The maximum absolute atomic E-state index is 13.4. The van der Waals surface area contributed by atoms with Crippen LogP contribution in [0.1, 0.15) is 99.4 Å². The Hall–Kier alpha value is -7.32. The molecule has 0 saturated heterocycles. The van der Waals surface area contributed by atoms with Gasteiger partial charge in [0.2, 0.25) is 34.7 Å². The van der Waals surface area contributed by atoms with Gasteiger partial charge in [-0.1, -0.05) is 47.7 Å². The number of aryl methyl sites for hydroxylation is 3. The van der Waals surface area contributed by atoms with E-state index in [1.807, 2.05) is 6.92 Å². The average molecular weight is 1050 g/mol. The van der Waals surface area contributed by atoms with Crippen molar-refractivity contribution in [3.63, 3.8) is 0 Å². The van der Waals surface area contributed by atoms with E-state index in [0.717, 1.165) is 5.01 Å². The van der Waals surface area contributed by atoms with Gasteiger partial charge in [-0.05, 0) is 93.7 Å². The molecule has 398 valence electrons. The van der Waals surface area contributed by atoms with Gasteiger partial charge < -0.3 is 61.3 Å². The summed E-state index contributed by atoms with van der Waals surface area (Å²) in [5, 5.41) is 69.3. The van der Waals surface area contributed by atoms with E-state index >= 15 is 0 Å². The van der Waals surface area contributed by atoms with Gasteiger partial charge in [-0.15, -0.1) is 15.3 Å². The van der Waals surface area contributed by atoms with Gasteiger partial charge in [0.05, 0.1) is 44.0 Å². The number of aromatic nitrogens is 5. The number of nitrogens with one attached hydrogen (secondary N) is 5. The first-order chi connectivity index (χ1) is 35.3. The summed E-state index contributed by atoms with van der Waals surface area (Å²) in [6, 6.07) is 7.83. The van der Waals surface area contributed by atoms with E-state index in [4.69, 9.17) is 17.3 Å². The summed E-state index contributed by atoms with van der Waals surface area (Å²) >= 11 is 1.27. The number of amides is 5. The van der Waals surface area contributed by atoms with E-state index in [0.29, 0.717) is 67.2 Å². The number of hydrogen-bond donors (Lipinski definition) is 9. The number of carboxylic acid groups (broad SMARTS) is 2. The standard InChI is InChI=1S/C48H63BN10O14S/c1-30-55-57-47(74-30)54-40(63)10-5-7-33-29-59(58-56-33)22-4-3-8-36(44(67)50-21-24-73-26-25-72-23-6-9-39(49)62)51-42(65)28-38(46(70)71)53-43(66)27-37(45(68)69)52-41(64)19-20-48(2,31-11-15-34(60)16-12-31)32-13-17-35(61)18-14-32/h11-18,29,36-38,60-61H,3-10,19-28H2,1-2H3,(H,50,67)(H,51,65)(H,52,64)(H,53,66)(H,68,69)(H,70,71)(H,54,57,63)/t36-,37-,38-/m0/s1. The molecular formula is C48H63BN10O14S. The number of rotatable bonds is 35. The van der Waals surface area contributed by atoms with E-state index in [2.05, 4.69) is 47.1 Å². The van der Waals surface area contributed by atoms with Crippen LogP contribution in [-0.2, 0) is 66.2 Å². The van der Waals surface area contributed by atoms with Crippen LogP contribution in [0.2, 0.25) is 0 Å². The summed E-state index contributed by atoms with van der Waals surface area (Å²) in [7, 11) is 5.12. The number of anilines is 1. The maximum atomic E-state index is 13.4. The van der Waals surface area contributed by atoms with Gasteiger partial charge in [0, 0.05) is 44.1 Å². The highest BCUT2D eigenvalue weighted by Crippen LogP contribution is 2.38. The highest BCUT2D eigenvalue weighted by Gasteiger charge is 2.33. The number of phenols is 2. The molecule has 0 aliphatic heterocycles. The first kappa shape index (κ1) is 59.2. The number of carbonyl (C=O) groups is 8. The van der Waals surface area contributed by atoms with Crippen molar-refractivity contribution in [3.05, 3.63) is 76.6 Å². The minimum Gasteiger partial charge on any atom is -0.508 e. The second kappa shape index (κ2) is 30.7. The molecule has 2 radical (unpaired) electrons. The molecular weight excluding hydrogens is 983 g/mol. The zero-order chi connectivity index (χ0) is 54.0. The molecule has 0 aliphatic carbocycles. The molecule has 26 heteroatoms. The van der Waals surface area contributed by atoms with Crippen LogP contribution in [-0.4, -0.2) is 152 Å². The second-order valence-electron chi connectivity index (χ2n) is 17.5. The summed E-state index contributed by atoms with van der Waals surface area (Å²) in [4.78, 5) is 101. The van der Waals surface area contributed by atoms with Crippen molar-refractivity contribution >= 4 is 71.5 Å². The van der Waals surface area contributed by atoms with Crippen LogP contribution in [0.15, 0.2) is 54.7 Å². The number of benzene rings is 2. The molecule has 2 aromatic heterocycles. The zero-order valence-corrected chi connectivity index (χ0v) is 42.1. The minimum atomic E-state index is -1.85. The van der Waals surface area contributed by atoms with Crippen molar-refractivity contribution in [2.75, 3.05) is 38.3 Å². The molecule has 0 spiro atoms. The molecule has 5 amide bonds. The third kappa shape index (κ3) is 21.4. The molecule has 4 aromatic rings. The minimum absolute atomic E-state index is 0.0192. The number of hydrogen-bond acceptors (Lipinski definition) is 17.